The molecule has 2 heterocycles. The highest BCUT2D eigenvalue weighted by molar-refractivity contribution is 9.10. The van der Waals surface area contributed by atoms with Crippen LogP contribution in [-0.4, -0.2) is 9.97 Å². The molecule has 0 atom stereocenters. The summed E-state index contributed by atoms with van der Waals surface area (Å²) in [5.74, 6) is 1.03. The molecule has 0 saturated carbocycles. The molecule has 5 heteroatoms. The van der Waals surface area contributed by atoms with Gasteiger partial charge in [-0.05, 0) is 22.0 Å². The number of aromatic nitrogens is 2. The molecule has 94 valence electrons. The standard InChI is InChI=1S/C14H8BrClN2O/c15-10-6-7-19-13(10)14-17-11(8-12(16)18-14)9-4-2-1-3-5-9/h1-8H. The van der Waals surface area contributed by atoms with Crippen molar-refractivity contribution >= 4 is 27.5 Å². The summed E-state index contributed by atoms with van der Waals surface area (Å²) in [6.07, 6.45) is 1.58. The highest BCUT2D eigenvalue weighted by Crippen LogP contribution is 2.29. The number of benzene rings is 1. The molecule has 0 aliphatic heterocycles. The van der Waals surface area contributed by atoms with E-state index in [-0.39, 0.29) is 0 Å². The van der Waals surface area contributed by atoms with Crippen molar-refractivity contribution < 1.29 is 4.42 Å². The van der Waals surface area contributed by atoms with E-state index in [2.05, 4.69) is 25.9 Å². The molecule has 0 amide bonds. The van der Waals surface area contributed by atoms with Crippen LogP contribution in [0, 0.1) is 0 Å². The van der Waals surface area contributed by atoms with Crippen LogP contribution in [0.2, 0.25) is 5.15 Å². The van der Waals surface area contributed by atoms with Crippen LogP contribution < -0.4 is 0 Å². The summed E-state index contributed by atoms with van der Waals surface area (Å²) in [6.45, 7) is 0. The molecular weight excluding hydrogens is 328 g/mol. The normalized spacial score (nSPS) is 10.6. The van der Waals surface area contributed by atoms with Gasteiger partial charge in [0.2, 0.25) is 0 Å². The zero-order valence-corrected chi connectivity index (χ0v) is 12.0. The lowest BCUT2D eigenvalue weighted by molar-refractivity contribution is 0.576. The van der Waals surface area contributed by atoms with Crippen LogP contribution >= 0.6 is 27.5 Å². The van der Waals surface area contributed by atoms with Gasteiger partial charge in [-0.2, -0.15) is 0 Å². The lowest BCUT2D eigenvalue weighted by Gasteiger charge is -2.04. The van der Waals surface area contributed by atoms with Crippen LogP contribution in [0.25, 0.3) is 22.8 Å². The van der Waals surface area contributed by atoms with Crippen LogP contribution in [-0.2, 0) is 0 Å². The minimum absolute atomic E-state index is 0.382. The average molecular weight is 336 g/mol. The molecule has 0 saturated heterocycles. The highest BCUT2D eigenvalue weighted by Gasteiger charge is 2.13. The minimum atomic E-state index is 0.382. The fourth-order valence-corrected chi connectivity index (χ4v) is 2.29. The Kier molecular flexibility index (Phi) is 3.36. The smallest absolute Gasteiger partial charge is 0.198 e. The van der Waals surface area contributed by atoms with Crippen molar-refractivity contribution in [1.82, 2.24) is 9.97 Å². The quantitative estimate of drug-likeness (QED) is 0.630. The van der Waals surface area contributed by atoms with Crippen molar-refractivity contribution in [2.75, 3.05) is 0 Å². The Morgan fingerprint density at radius 2 is 1.84 bits per heavy atom. The zero-order chi connectivity index (χ0) is 13.2. The van der Waals surface area contributed by atoms with Gasteiger partial charge in [0.05, 0.1) is 16.4 Å². The largest absolute Gasteiger partial charge is 0.460 e. The third-order valence-electron chi connectivity index (χ3n) is 2.58. The number of halogens is 2. The van der Waals surface area contributed by atoms with E-state index in [0.29, 0.717) is 16.7 Å². The predicted octanol–water partition coefficient (Wildman–Crippen LogP) is 4.82. The second kappa shape index (κ2) is 5.15. The zero-order valence-electron chi connectivity index (χ0n) is 9.68. The molecule has 0 unspecified atom stereocenters. The lowest BCUT2D eigenvalue weighted by Crippen LogP contribution is -1.92. The Hall–Kier alpha value is -1.65. The van der Waals surface area contributed by atoms with Gasteiger partial charge in [0, 0.05) is 11.6 Å². The molecule has 3 nitrogen and oxygen atoms in total. The van der Waals surface area contributed by atoms with Crippen molar-refractivity contribution in [3.05, 3.63) is 58.4 Å². The van der Waals surface area contributed by atoms with E-state index in [0.717, 1.165) is 15.7 Å². The molecule has 0 aliphatic carbocycles. The summed E-state index contributed by atoms with van der Waals surface area (Å²) >= 11 is 9.45. The Bertz CT molecular complexity index is 712. The lowest BCUT2D eigenvalue weighted by atomic mass is 10.1. The number of rotatable bonds is 2. The van der Waals surface area contributed by atoms with Gasteiger partial charge in [0.1, 0.15) is 5.15 Å². The van der Waals surface area contributed by atoms with E-state index >= 15 is 0 Å². The van der Waals surface area contributed by atoms with Crippen molar-refractivity contribution in [2.24, 2.45) is 0 Å². The number of nitrogens with zero attached hydrogens (tertiary/aromatic N) is 2. The number of furan rings is 1. The van der Waals surface area contributed by atoms with E-state index in [4.69, 9.17) is 16.0 Å². The van der Waals surface area contributed by atoms with E-state index in [1.807, 2.05) is 30.3 Å². The van der Waals surface area contributed by atoms with Crippen molar-refractivity contribution in [2.45, 2.75) is 0 Å². The molecule has 3 aromatic rings. The van der Waals surface area contributed by atoms with Gasteiger partial charge in [-0.15, -0.1) is 0 Å². The van der Waals surface area contributed by atoms with Crippen LogP contribution in [0.4, 0.5) is 0 Å². The average Bonchev–Trinajstić information content (AvgIpc) is 2.85. The highest BCUT2D eigenvalue weighted by atomic mass is 79.9. The van der Waals surface area contributed by atoms with Crippen molar-refractivity contribution in [3.63, 3.8) is 0 Å². The summed E-state index contributed by atoms with van der Waals surface area (Å²) in [4.78, 5) is 8.68. The second-order valence-electron chi connectivity index (χ2n) is 3.86. The second-order valence-corrected chi connectivity index (χ2v) is 5.10. The first-order valence-corrected chi connectivity index (χ1v) is 6.74. The molecule has 3 rings (SSSR count). The summed E-state index contributed by atoms with van der Waals surface area (Å²) in [6, 6.07) is 13.3. The Morgan fingerprint density at radius 3 is 2.53 bits per heavy atom. The Morgan fingerprint density at radius 1 is 1.05 bits per heavy atom. The van der Waals surface area contributed by atoms with Crippen LogP contribution in [0.5, 0.6) is 0 Å². The van der Waals surface area contributed by atoms with E-state index < -0.39 is 0 Å². The first-order chi connectivity index (χ1) is 9.24. The predicted molar refractivity (Wildman–Crippen MR) is 77.9 cm³/mol. The van der Waals surface area contributed by atoms with Gasteiger partial charge in [0.15, 0.2) is 11.6 Å². The summed E-state index contributed by atoms with van der Waals surface area (Å²) in [5, 5.41) is 0.382. The topological polar surface area (TPSA) is 38.9 Å². The fourth-order valence-electron chi connectivity index (χ4n) is 1.73. The van der Waals surface area contributed by atoms with Gasteiger partial charge >= 0.3 is 0 Å². The monoisotopic (exact) mass is 334 g/mol. The summed E-state index contributed by atoms with van der Waals surface area (Å²) in [7, 11) is 0. The SMILES string of the molecule is Clc1cc(-c2ccccc2)nc(-c2occc2Br)n1. The van der Waals surface area contributed by atoms with Crippen LogP contribution in [0.3, 0.4) is 0 Å². The van der Waals surface area contributed by atoms with Crippen LogP contribution in [0.15, 0.2) is 57.6 Å². The molecule has 0 radical (unpaired) electrons. The molecule has 2 aromatic heterocycles. The third kappa shape index (κ3) is 2.55. The van der Waals surface area contributed by atoms with Gasteiger partial charge in [-0.1, -0.05) is 41.9 Å². The number of hydrogen-bond donors (Lipinski definition) is 0. The molecular formula is C14H8BrClN2O. The first-order valence-electron chi connectivity index (χ1n) is 5.57. The fraction of sp³-hybridized carbons (Fsp3) is 0. The van der Waals surface area contributed by atoms with Crippen LogP contribution in [0.1, 0.15) is 0 Å². The molecule has 0 N–H and O–H groups in total. The first kappa shape index (κ1) is 12.4. The Labute approximate surface area is 123 Å². The van der Waals surface area contributed by atoms with Gasteiger partial charge in [-0.25, -0.2) is 9.97 Å². The van der Waals surface area contributed by atoms with E-state index in [1.165, 1.54) is 0 Å². The molecule has 1 aromatic carbocycles. The molecule has 19 heavy (non-hydrogen) atoms. The maximum absolute atomic E-state index is 6.06. The van der Waals surface area contributed by atoms with Gasteiger partial charge in [-0.3, -0.25) is 0 Å². The summed E-state index contributed by atoms with van der Waals surface area (Å²) < 4.78 is 6.17. The van der Waals surface area contributed by atoms with Crippen molar-refractivity contribution in [1.29, 1.82) is 0 Å². The molecule has 0 fully saturated rings. The maximum atomic E-state index is 6.06. The van der Waals surface area contributed by atoms with Crippen molar-refractivity contribution in [3.8, 4) is 22.8 Å². The molecule has 0 spiro atoms. The minimum Gasteiger partial charge on any atom is -0.460 e. The molecule has 0 aliphatic rings. The van der Waals surface area contributed by atoms with Gasteiger partial charge in [0.25, 0.3) is 0 Å². The number of hydrogen-bond acceptors (Lipinski definition) is 3. The summed E-state index contributed by atoms with van der Waals surface area (Å²) in [5.41, 5.74) is 1.75. The van der Waals surface area contributed by atoms with Gasteiger partial charge < -0.3 is 4.42 Å². The Balaban J connectivity index is 2.14. The van der Waals surface area contributed by atoms with E-state index in [9.17, 15) is 0 Å². The van der Waals surface area contributed by atoms with E-state index in [1.54, 1.807) is 18.4 Å². The third-order valence-corrected chi connectivity index (χ3v) is 3.40. The molecule has 0 bridgehead atoms. The maximum Gasteiger partial charge on any atom is 0.198 e.